The van der Waals surface area contributed by atoms with Gasteiger partial charge in [0.05, 0.1) is 0 Å². The van der Waals surface area contributed by atoms with Gasteiger partial charge in [0.1, 0.15) is 18.3 Å². The second kappa shape index (κ2) is 2.92. The lowest BCUT2D eigenvalue weighted by atomic mass is 10.2. The zero-order chi connectivity index (χ0) is 9.26. The molecule has 0 fully saturated rings. The Hall–Kier alpha value is -1.79. The molecule has 3 heteroatoms. The van der Waals surface area contributed by atoms with Crippen molar-refractivity contribution in [3.05, 3.63) is 35.6 Å². The van der Waals surface area contributed by atoms with E-state index in [1.807, 2.05) is 6.07 Å². The van der Waals surface area contributed by atoms with E-state index in [0.29, 0.717) is 11.1 Å². The van der Waals surface area contributed by atoms with E-state index in [-0.39, 0.29) is 12.4 Å². The summed E-state index contributed by atoms with van der Waals surface area (Å²) in [6.45, 7) is -0.247. The molecule has 0 saturated carbocycles. The average molecular weight is 172 g/mol. The molecular weight excluding hydrogens is 166 g/mol. The normalized spacial score (nSPS) is 10.2. The molecule has 0 spiro atoms. The molecule has 0 aliphatic rings. The Morgan fingerprint density at radius 1 is 1.38 bits per heavy atom. The van der Waals surface area contributed by atoms with Gasteiger partial charge in [0.15, 0.2) is 0 Å². The summed E-state index contributed by atoms with van der Waals surface area (Å²) in [5.41, 5.74) is 1.35. The monoisotopic (exact) mass is 172 g/mol. The van der Waals surface area contributed by atoms with Crippen LogP contribution < -0.4 is 0 Å². The maximum Gasteiger partial charge on any atom is 0.204 e. The fourth-order valence-electron chi connectivity index (χ4n) is 1.24. The van der Waals surface area contributed by atoms with Crippen molar-refractivity contribution in [2.24, 2.45) is 0 Å². The van der Waals surface area contributed by atoms with E-state index < -0.39 is 0 Å². The summed E-state index contributed by atoms with van der Waals surface area (Å²) in [6, 6.07) is 8.71. The summed E-state index contributed by atoms with van der Waals surface area (Å²) in [4.78, 5) is 0. The van der Waals surface area contributed by atoms with Crippen molar-refractivity contribution in [3.8, 4) is 6.07 Å². The fourth-order valence-corrected chi connectivity index (χ4v) is 1.24. The van der Waals surface area contributed by atoms with Crippen LogP contribution in [-0.4, -0.2) is 0 Å². The van der Waals surface area contributed by atoms with Crippen LogP contribution in [0.3, 0.4) is 0 Å². The van der Waals surface area contributed by atoms with E-state index in [4.69, 9.17) is 9.68 Å². The van der Waals surface area contributed by atoms with Crippen LogP contribution in [0.15, 0.2) is 28.7 Å². The van der Waals surface area contributed by atoms with Gasteiger partial charge in [-0.3, -0.25) is 0 Å². The topological polar surface area (TPSA) is 56.8 Å². The van der Waals surface area contributed by atoms with Crippen molar-refractivity contribution in [1.82, 2.24) is 0 Å². The van der Waals surface area contributed by atoms with E-state index in [2.05, 4.69) is 0 Å². The fraction of sp³-hybridized carbons (Fsp3) is 0.100. The van der Waals surface area contributed by atoms with Gasteiger partial charge in [0.2, 0.25) is 5.76 Å². The highest BCUT2D eigenvalue weighted by Gasteiger charge is 2.02. The Bertz CT molecular complexity index is 479. The predicted molar refractivity (Wildman–Crippen MR) is 45.3 cm³/mol. The number of nitriles is 1. The van der Waals surface area contributed by atoms with E-state index in [1.165, 1.54) is 0 Å². The highest BCUT2D eigenvalue weighted by molar-refractivity contribution is 5.79. The Morgan fingerprint density at radius 2 is 2.23 bits per heavy atom. The summed E-state index contributed by atoms with van der Waals surface area (Å²) < 4.78 is 5.15. The molecule has 0 N–H and O–H groups in total. The molecule has 0 atom stereocenters. The second-order valence-electron chi connectivity index (χ2n) is 2.74. The highest BCUT2D eigenvalue weighted by atomic mass is 16.3. The third kappa shape index (κ3) is 1.28. The van der Waals surface area contributed by atoms with Crippen LogP contribution in [0.2, 0.25) is 0 Å². The Balaban J connectivity index is 2.65. The Kier molecular flexibility index (Phi) is 1.76. The van der Waals surface area contributed by atoms with Gasteiger partial charge in [-0.05, 0) is 17.7 Å². The van der Waals surface area contributed by atoms with Crippen molar-refractivity contribution in [2.45, 2.75) is 6.61 Å². The summed E-state index contributed by atoms with van der Waals surface area (Å²) in [5, 5.41) is 19.9. The van der Waals surface area contributed by atoms with Crippen molar-refractivity contribution < 1.29 is 9.52 Å². The lowest BCUT2D eigenvalue weighted by Crippen LogP contribution is -1.78. The number of fused-ring (bicyclic) bond motifs is 1. The van der Waals surface area contributed by atoms with Crippen molar-refractivity contribution in [3.63, 3.8) is 0 Å². The number of rotatable bonds is 1. The molecule has 1 heterocycles. The van der Waals surface area contributed by atoms with Gasteiger partial charge in [0.25, 0.3) is 0 Å². The van der Waals surface area contributed by atoms with Gasteiger partial charge in [-0.25, -0.2) is 5.11 Å². The molecule has 2 rings (SSSR count). The number of benzene rings is 1. The average Bonchev–Trinajstić information content (AvgIpc) is 2.58. The lowest BCUT2D eigenvalue weighted by Gasteiger charge is -1.91. The molecule has 13 heavy (non-hydrogen) atoms. The standard InChI is InChI=1S/C10H6NO2/c11-5-9-4-8-3-7(6-12)1-2-10(8)13-9/h1-4H,6H2. The molecule has 1 aromatic heterocycles. The lowest BCUT2D eigenvalue weighted by molar-refractivity contribution is 0.177. The molecule has 0 aliphatic carbocycles. The van der Waals surface area contributed by atoms with Crippen LogP contribution >= 0.6 is 0 Å². The quantitative estimate of drug-likeness (QED) is 0.662. The van der Waals surface area contributed by atoms with Crippen LogP contribution in [0, 0.1) is 11.3 Å². The molecule has 0 amide bonds. The first-order valence-electron chi connectivity index (χ1n) is 3.84. The molecule has 0 saturated heterocycles. The molecule has 1 aromatic carbocycles. The molecule has 0 bridgehead atoms. The molecular formula is C10H6NO2. The second-order valence-corrected chi connectivity index (χ2v) is 2.74. The van der Waals surface area contributed by atoms with Gasteiger partial charge < -0.3 is 4.42 Å². The first kappa shape index (κ1) is 7.84. The van der Waals surface area contributed by atoms with Gasteiger partial charge in [0, 0.05) is 11.5 Å². The Labute approximate surface area is 74.8 Å². The van der Waals surface area contributed by atoms with Crippen molar-refractivity contribution in [1.29, 1.82) is 5.26 Å². The SMILES string of the molecule is N#Cc1cc2cc(C[O])ccc2o1. The number of furan rings is 1. The minimum atomic E-state index is -0.247. The zero-order valence-electron chi connectivity index (χ0n) is 6.78. The molecule has 0 unspecified atom stereocenters. The maximum atomic E-state index is 10.6. The van der Waals surface area contributed by atoms with Gasteiger partial charge >= 0.3 is 0 Å². The summed E-state index contributed by atoms with van der Waals surface area (Å²) >= 11 is 0. The van der Waals surface area contributed by atoms with Crippen molar-refractivity contribution in [2.75, 3.05) is 0 Å². The molecule has 1 radical (unpaired) electrons. The highest BCUT2D eigenvalue weighted by Crippen LogP contribution is 2.20. The van der Waals surface area contributed by atoms with Crippen LogP contribution in [0.5, 0.6) is 0 Å². The summed E-state index contributed by atoms with van der Waals surface area (Å²) in [6.07, 6.45) is 0. The first-order valence-corrected chi connectivity index (χ1v) is 3.84. The van der Waals surface area contributed by atoms with E-state index >= 15 is 0 Å². The molecule has 0 aliphatic heterocycles. The molecule has 3 nitrogen and oxygen atoms in total. The number of nitrogens with zero attached hydrogens (tertiary/aromatic N) is 1. The first-order chi connectivity index (χ1) is 6.33. The smallest absolute Gasteiger partial charge is 0.204 e. The zero-order valence-corrected chi connectivity index (χ0v) is 6.78. The minimum Gasteiger partial charge on any atom is -0.446 e. The minimum absolute atomic E-state index is 0.247. The van der Waals surface area contributed by atoms with Crippen LogP contribution in [0.4, 0.5) is 0 Å². The predicted octanol–water partition coefficient (Wildman–Crippen LogP) is 2.23. The third-order valence-electron chi connectivity index (χ3n) is 1.86. The number of hydrogen-bond donors (Lipinski definition) is 0. The summed E-state index contributed by atoms with van der Waals surface area (Å²) in [5.74, 6) is 0.276. The third-order valence-corrected chi connectivity index (χ3v) is 1.86. The molecule has 63 valence electrons. The van der Waals surface area contributed by atoms with Gasteiger partial charge in [-0.15, -0.1) is 0 Å². The maximum absolute atomic E-state index is 10.6. The van der Waals surface area contributed by atoms with Gasteiger partial charge in [-0.1, -0.05) is 6.07 Å². The van der Waals surface area contributed by atoms with Crippen molar-refractivity contribution >= 4 is 11.0 Å². The van der Waals surface area contributed by atoms with E-state index in [1.54, 1.807) is 24.3 Å². The number of hydrogen-bond acceptors (Lipinski definition) is 2. The largest absolute Gasteiger partial charge is 0.446 e. The summed E-state index contributed by atoms with van der Waals surface area (Å²) in [7, 11) is 0. The van der Waals surface area contributed by atoms with Crippen LogP contribution in [0.25, 0.3) is 11.0 Å². The van der Waals surface area contributed by atoms with E-state index in [9.17, 15) is 5.11 Å². The van der Waals surface area contributed by atoms with E-state index in [0.717, 1.165) is 5.39 Å². The van der Waals surface area contributed by atoms with Crippen LogP contribution in [-0.2, 0) is 11.7 Å². The van der Waals surface area contributed by atoms with Gasteiger partial charge in [-0.2, -0.15) is 5.26 Å². The molecule has 2 aromatic rings. The Morgan fingerprint density at radius 3 is 2.92 bits per heavy atom. The van der Waals surface area contributed by atoms with Crippen LogP contribution in [0.1, 0.15) is 11.3 Å².